The number of anilines is 1. The molecule has 0 aliphatic heterocycles. The second-order valence-corrected chi connectivity index (χ2v) is 14.8. The van der Waals surface area contributed by atoms with Crippen LogP contribution < -0.4 is 9.62 Å². The van der Waals surface area contributed by atoms with Crippen LogP contribution in [0.15, 0.2) is 112 Å². The highest BCUT2D eigenvalue weighted by Crippen LogP contribution is 2.28. The minimum absolute atomic E-state index is 0.00243. The Morgan fingerprint density at radius 1 is 0.872 bits per heavy atom. The Hall–Kier alpha value is -4.02. The molecule has 0 aromatic heterocycles. The van der Waals surface area contributed by atoms with Crippen molar-refractivity contribution in [1.82, 2.24) is 10.2 Å². The first-order valence-corrected chi connectivity index (χ1v) is 18.1. The summed E-state index contributed by atoms with van der Waals surface area (Å²) in [6, 6.07) is 27.4. The van der Waals surface area contributed by atoms with Crippen molar-refractivity contribution < 1.29 is 22.4 Å². The maximum absolute atomic E-state index is 14.6. The second-order valence-electron chi connectivity index (χ2n) is 12.0. The molecule has 1 saturated carbocycles. The van der Waals surface area contributed by atoms with E-state index in [1.807, 2.05) is 37.3 Å². The van der Waals surface area contributed by atoms with E-state index < -0.39 is 34.3 Å². The first-order chi connectivity index (χ1) is 22.6. The number of carbonyl (C=O) groups excluding carboxylic acids is 2. The Balaban J connectivity index is 1.56. The van der Waals surface area contributed by atoms with Gasteiger partial charge in [-0.25, -0.2) is 12.8 Å². The number of hydrogen-bond donors (Lipinski definition) is 1. The summed E-state index contributed by atoms with van der Waals surface area (Å²) in [5, 5.41) is 3.19. The van der Waals surface area contributed by atoms with E-state index in [9.17, 15) is 22.4 Å². The molecule has 0 heterocycles. The van der Waals surface area contributed by atoms with Gasteiger partial charge in [-0.3, -0.25) is 13.9 Å². The molecule has 1 atom stereocenters. The van der Waals surface area contributed by atoms with Gasteiger partial charge in [-0.15, -0.1) is 0 Å². The van der Waals surface area contributed by atoms with Crippen LogP contribution in [0.25, 0.3) is 0 Å². The summed E-state index contributed by atoms with van der Waals surface area (Å²) in [6.07, 6.45) is 5.10. The lowest BCUT2D eigenvalue weighted by atomic mass is 9.94. The Morgan fingerprint density at radius 3 is 2.21 bits per heavy atom. The van der Waals surface area contributed by atoms with Crippen LogP contribution in [0.2, 0.25) is 0 Å². The van der Waals surface area contributed by atoms with Crippen molar-refractivity contribution in [2.45, 2.75) is 69.0 Å². The summed E-state index contributed by atoms with van der Waals surface area (Å²) in [5.41, 5.74) is 2.65. The lowest BCUT2D eigenvalue weighted by Gasteiger charge is -2.35. The fourth-order valence-corrected chi connectivity index (χ4v) is 7.68. The average Bonchev–Trinajstić information content (AvgIpc) is 3.07. The highest BCUT2D eigenvalue weighted by atomic mass is 79.9. The van der Waals surface area contributed by atoms with Gasteiger partial charge in [0, 0.05) is 23.5 Å². The largest absolute Gasteiger partial charge is 0.352 e. The molecule has 7 nitrogen and oxygen atoms in total. The van der Waals surface area contributed by atoms with Crippen molar-refractivity contribution >= 4 is 43.5 Å². The van der Waals surface area contributed by atoms with Gasteiger partial charge in [0.15, 0.2) is 0 Å². The number of nitrogens with one attached hydrogen (secondary N) is 1. The number of halogens is 2. The molecule has 246 valence electrons. The number of sulfonamides is 1. The van der Waals surface area contributed by atoms with Crippen LogP contribution in [0.4, 0.5) is 10.1 Å². The van der Waals surface area contributed by atoms with Gasteiger partial charge < -0.3 is 10.2 Å². The number of hydrogen-bond acceptors (Lipinski definition) is 4. The molecule has 0 spiro atoms. The molecule has 47 heavy (non-hydrogen) atoms. The Morgan fingerprint density at radius 2 is 1.55 bits per heavy atom. The van der Waals surface area contributed by atoms with E-state index >= 15 is 0 Å². The third kappa shape index (κ3) is 9.08. The number of rotatable bonds is 12. The highest BCUT2D eigenvalue weighted by molar-refractivity contribution is 9.10. The minimum Gasteiger partial charge on any atom is -0.352 e. The lowest BCUT2D eigenvalue weighted by molar-refractivity contribution is -0.140. The second kappa shape index (κ2) is 15.7. The fourth-order valence-electron chi connectivity index (χ4n) is 5.88. The van der Waals surface area contributed by atoms with E-state index in [4.69, 9.17) is 0 Å². The van der Waals surface area contributed by atoms with Gasteiger partial charge in [0.1, 0.15) is 18.4 Å². The van der Waals surface area contributed by atoms with Gasteiger partial charge in [0.05, 0.1) is 10.6 Å². The zero-order chi connectivity index (χ0) is 33.4. The molecule has 1 N–H and O–H groups in total. The van der Waals surface area contributed by atoms with Gasteiger partial charge in [-0.1, -0.05) is 101 Å². The van der Waals surface area contributed by atoms with Crippen molar-refractivity contribution in [3.63, 3.8) is 0 Å². The van der Waals surface area contributed by atoms with E-state index in [0.29, 0.717) is 15.7 Å². The van der Waals surface area contributed by atoms with E-state index in [-0.39, 0.29) is 29.8 Å². The third-order valence-corrected chi connectivity index (χ3v) is 10.8. The Bertz CT molecular complexity index is 1760. The number of benzene rings is 4. The molecular formula is C37H39BrFN3O4S. The first kappa shape index (κ1) is 34.3. The van der Waals surface area contributed by atoms with E-state index in [2.05, 4.69) is 21.2 Å². The van der Waals surface area contributed by atoms with Gasteiger partial charge in [0.25, 0.3) is 10.0 Å². The van der Waals surface area contributed by atoms with Gasteiger partial charge >= 0.3 is 0 Å². The van der Waals surface area contributed by atoms with Gasteiger partial charge in [-0.2, -0.15) is 0 Å². The van der Waals surface area contributed by atoms with Crippen LogP contribution >= 0.6 is 15.9 Å². The van der Waals surface area contributed by atoms with E-state index in [0.717, 1.165) is 47.5 Å². The van der Waals surface area contributed by atoms with Crippen molar-refractivity contribution in [2.75, 3.05) is 10.8 Å². The van der Waals surface area contributed by atoms with Crippen LogP contribution in [-0.2, 0) is 32.6 Å². The normalized spacial score (nSPS) is 14.3. The molecule has 0 bridgehead atoms. The van der Waals surface area contributed by atoms with Crippen LogP contribution in [0.5, 0.6) is 0 Å². The molecule has 1 fully saturated rings. The quantitative estimate of drug-likeness (QED) is 0.168. The van der Waals surface area contributed by atoms with Crippen molar-refractivity contribution in [3.8, 4) is 0 Å². The smallest absolute Gasteiger partial charge is 0.264 e. The summed E-state index contributed by atoms with van der Waals surface area (Å²) in [7, 11) is -4.21. The molecule has 2 amide bonds. The summed E-state index contributed by atoms with van der Waals surface area (Å²) < 4.78 is 44.0. The molecule has 1 aliphatic rings. The molecule has 0 radical (unpaired) electrons. The Kier molecular flexibility index (Phi) is 11.5. The SMILES string of the molecule is Cc1ccc(S(=O)(=O)N(CC(=O)N(Cc2ccc(F)cc2)[C@@H](Cc2ccccc2)C(=O)NC2CCCCC2)c2cccc(Br)c2)cc1. The fraction of sp³-hybridized carbons (Fsp3) is 0.297. The maximum atomic E-state index is 14.6. The molecule has 4 aromatic carbocycles. The minimum atomic E-state index is -4.21. The van der Waals surface area contributed by atoms with Crippen molar-refractivity contribution in [3.05, 3.63) is 130 Å². The predicted molar refractivity (Wildman–Crippen MR) is 186 cm³/mol. The molecule has 0 unspecified atom stereocenters. The van der Waals surface area contributed by atoms with Crippen molar-refractivity contribution in [2.24, 2.45) is 0 Å². The number of carbonyl (C=O) groups is 2. The number of aryl methyl sites for hydroxylation is 1. The van der Waals surface area contributed by atoms with Crippen LogP contribution in [-0.4, -0.2) is 43.8 Å². The summed E-state index contributed by atoms with van der Waals surface area (Å²) >= 11 is 3.43. The molecule has 0 saturated heterocycles. The van der Waals surface area contributed by atoms with Crippen molar-refractivity contribution in [1.29, 1.82) is 0 Å². The van der Waals surface area contributed by atoms with Gasteiger partial charge in [-0.05, 0) is 73.4 Å². The predicted octanol–water partition coefficient (Wildman–Crippen LogP) is 7.18. The number of nitrogens with zero attached hydrogens (tertiary/aromatic N) is 2. The zero-order valence-corrected chi connectivity index (χ0v) is 28.7. The summed E-state index contributed by atoms with van der Waals surface area (Å²) in [6.45, 7) is 1.28. The monoisotopic (exact) mass is 719 g/mol. The first-order valence-electron chi connectivity index (χ1n) is 15.8. The third-order valence-electron chi connectivity index (χ3n) is 8.47. The zero-order valence-electron chi connectivity index (χ0n) is 26.3. The maximum Gasteiger partial charge on any atom is 0.264 e. The van der Waals surface area contributed by atoms with E-state index in [1.54, 1.807) is 48.5 Å². The average molecular weight is 721 g/mol. The number of amides is 2. The van der Waals surface area contributed by atoms with Crippen LogP contribution in [0.3, 0.4) is 0 Å². The standard InChI is InChI=1S/C37H39BrFN3O4S/c1-27-15-21-34(22-16-27)47(45,46)42(33-14-8-11-30(38)24-33)26-36(43)41(25-29-17-19-31(39)20-18-29)35(23-28-9-4-2-5-10-28)37(44)40-32-12-6-3-7-13-32/h2,4-5,8-11,14-22,24,32,35H,3,6-7,12-13,23,25-26H2,1H3,(H,40,44)/t35-/m0/s1. The highest BCUT2D eigenvalue weighted by Gasteiger charge is 2.35. The Labute approximate surface area is 285 Å². The van der Waals surface area contributed by atoms with E-state index in [1.165, 1.54) is 29.2 Å². The topological polar surface area (TPSA) is 86.8 Å². The summed E-state index contributed by atoms with van der Waals surface area (Å²) in [5.74, 6) is -1.29. The summed E-state index contributed by atoms with van der Waals surface area (Å²) in [4.78, 5) is 30.2. The molecular weight excluding hydrogens is 681 g/mol. The lowest BCUT2D eigenvalue weighted by Crippen LogP contribution is -2.55. The molecule has 4 aromatic rings. The van der Waals surface area contributed by atoms with Gasteiger partial charge in [0.2, 0.25) is 11.8 Å². The molecule has 10 heteroatoms. The van der Waals surface area contributed by atoms with Crippen LogP contribution in [0, 0.1) is 12.7 Å². The molecule has 5 rings (SSSR count). The van der Waals surface area contributed by atoms with Crippen LogP contribution in [0.1, 0.15) is 48.8 Å². The molecule has 1 aliphatic carbocycles.